The Hall–Kier alpha value is -1.35. The molecule has 1 aliphatic carbocycles. The summed E-state index contributed by atoms with van der Waals surface area (Å²) in [6, 6.07) is 5.62. The highest BCUT2D eigenvalue weighted by Gasteiger charge is 2.31. The van der Waals surface area contributed by atoms with Crippen LogP contribution in [0.1, 0.15) is 67.9 Å². The highest BCUT2D eigenvalue weighted by Crippen LogP contribution is 2.40. The molecule has 22 heavy (non-hydrogen) atoms. The van der Waals surface area contributed by atoms with Crippen LogP contribution in [0, 0.1) is 31.3 Å². The predicted molar refractivity (Wildman–Crippen MR) is 87.1 cm³/mol. The van der Waals surface area contributed by atoms with Gasteiger partial charge in [-0.1, -0.05) is 32.9 Å². The molecule has 2 rings (SSSR count). The van der Waals surface area contributed by atoms with Crippen LogP contribution in [0.25, 0.3) is 0 Å². The van der Waals surface area contributed by atoms with Crippen molar-refractivity contribution in [1.82, 2.24) is 0 Å². The third-order valence-electron chi connectivity index (χ3n) is 4.83. The van der Waals surface area contributed by atoms with Crippen LogP contribution in [0.2, 0.25) is 0 Å². The maximum Gasteiger partial charge on any atom is 0.373 e. The van der Waals surface area contributed by atoms with Gasteiger partial charge < -0.3 is 0 Å². The van der Waals surface area contributed by atoms with E-state index >= 15 is 0 Å². The molecule has 0 unspecified atom stereocenters. The summed E-state index contributed by atoms with van der Waals surface area (Å²) in [4.78, 5) is 22.5. The van der Waals surface area contributed by atoms with Gasteiger partial charge in [0.25, 0.3) is 0 Å². The van der Waals surface area contributed by atoms with Crippen molar-refractivity contribution in [2.45, 2.75) is 60.3 Å². The molecule has 1 aliphatic rings. The zero-order valence-electron chi connectivity index (χ0n) is 14.4. The second-order valence-corrected chi connectivity index (χ2v) is 7.38. The van der Waals surface area contributed by atoms with Crippen LogP contribution < -0.4 is 0 Å². The van der Waals surface area contributed by atoms with E-state index in [4.69, 9.17) is 9.78 Å². The molecule has 0 spiro atoms. The van der Waals surface area contributed by atoms with Gasteiger partial charge in [-0.25, -0.2) is 4.79 Å². The van der Waals surface area contributed by atoms with Crippen LogP contribution in [-0.4, -0.2) is 5.97 Å². The Kier molecular flexibility index (Phi) is 5.28. The molecule has 0 N–H and O–H groups in total. The molecule has 0 amide bonds. The fraction of sp³-hybridized carbons (Fsp3) is 0.579. The first-order chi connectivity index (χ1) is 10.3. The van der Waals surface area contributed by atoms with Crippen molar-refractivity contribution in [1.29, 1.82) is 0 Å². The van der Waals surface area contributed by atoms with Gasteiger partial charge in [0.1, 0.15) is 6.10 Å². The number of hydrogen-bond donors (Lipinski definition) is 0. The lowest BCUT2D eigenvalue weighted by atomic mass is 9.72. The smallest absolute Gasteiger partial charge is 0.292 e. The van der Waals surface area contributed by atoms with Crippen molar-refractivity contribution in [3.63, 3.8) is 0 Å². The number of aryl methyl sites for hydroxylation is 1. The molecule has 3 heteroatoms. The van der Waals surface area contributed by atoms with Crippen LogP contribution in [0.15, 0.2) is 18.2 Å². The van der Waals surface area contributed by atoms with Crippen molar-refractivity contribution in [3.05, 3.63) is 41.0 Å². The highest BCUT2D eigenvalue weighted by atomic mass is 17.2. The second kappa shape index (κ2) is 6.82. The van der Waals surface area contributed by atoms with Crippen LogP contribution in [0.4, 0.5) is 0 Å². The number of benzene rings is 1. The van der Waals surface area contributed by atoms with E-state index in [2.05, 4.69) is 20.8 Å². The van der Waals surface area contributed by atoms with E-state index in [0.29, 0.717) is 16.9 Å². The molecule has 3 nitrogen and oxygen atoms in total. The summed E-state index contributed by atoms with van der Waals surface area (Å²) in [7, 11) is 0. The molecule has 1 aromatic rings. The standard InChI is InChI=1S/C19H27O3/c1-13-7-6-8-17(14(13)2)18(20)22-21-16-11-9-15(10-12-16)19(3,4)5/h6-8,15H,9-12H2,1-5H3. The highest BCUT2D eigenvalue weighted by molar-refractivity contribution is 5.90. The molecule has 1 aromatic carbocycles. The fourth-order valence-electron chi connectivity index (χ4n) is 3.00. The predicted octanol–water partition coefficient (Wildman–Crippen LogP) is 5.16. The quantitative estimate of drug-likeness (QED) is 0.571. The van der Waals surface area contributed by atoms with Gasteiger partial charge in [0, 0.05) is 0 Å². The molecule has 0 bridgehead atoms. The summed E-state index contributed by atoms with van der Waals surface area (Å²) in [6.45, 7) is 10.8. The largest absolute Gasteiger partial charge is 0.373 e. The third-order valence-corrected chi connectivity index (χ3v) is 4.83. The molecular weight excluding hydrogens is 276 g/mol. The minimum absolute atomic E-state index is 0.334. The summed E-state index contributed by atoms with van der Waals surface area (Å²) in [5.41, 5.74) is 2.93. The minimum atomic E-state index is -0.411. The number of hydrogen-bond acceptors (Lipinski definition) is 3. The first-order valence-corrected chi connectivity index (χ1v) is 8.09. The Labute approximate surface area is 133 Å². The molecule has 0 saturated heterocycles. The summed E-state index contributed by atoms with van der Waals surface area (Å²) in [6.07, 6.45) is 4.84. The summed E-state index contributed by atoms with van der Waals surface area (Å²) < 4.78 is 0. The number of rotatable bonds is 3. The van der Waals surface area contributed by atoms with Crippen LogP contribution in [-0.2, 0) is 9.78 Å². The maximum absolute atomic E-state index is 12.1. The van der Waals surface area contributed by atoms with Crippen molar-refractivity contribution < 1.29 is 14.6 Å². The number of carbonyl (C=O) groups excluding carboxylic acids is 1. The van der Waals surface area contributed by atoms with Gasteiger partial charge in [0.05, 0.1) is 5.56 Å². The third kappa shape index (κ3) is 4.10. The number of carbonyl (C=O) groups is 1. The zero-order chi connectivity index (χ0) is 16.3. The molecule has 1 fully saturated rings. The van der Waals surface area contributed by atoms with E-state index in [9.17, 15) is 4.79 Å². The van der Waals surface area contributed by atoms with Crippen molar-refractivity contribution in [3.8, 4) is 0 Å². The Morgan fingerprint density at radius 2 is 1.77 bits per heavy atom. The SMILES string of the molecule is Cc1cccc(C(=O)OO[C]2CCC(C(C)(C)C)CC2)c1C. The van der Waals surface area contributed by atoms with Gasteiger partial charge in [0.15, 0.2) is 0 Å². The van der Waals surface area contributed by atoms with Crippen LogP contribution in [0.3, 0.4) is 0 Å². The average Bonchev–Trinajstić information content (AvgIpc) is 2.47. The Morgan fingerprint density at radius 3 is 2.36 bits per heavy atom. The van der Waals surface area contributed by atoms with E-state index < -0.39 is 5.97 Å². The van der Waals surface area contributed by atoms with Crippen molar-refractivity contribution >= 4 is 5.97 Å². The fourth-order valence-corrected chi connectivity index (χ4v) is 3.00. The van der Waals surface area contributed by atoms with Gasteiger partial charge in [-0.05, 0) is 68.1 Å². The summed E-state index contributed by atoms with van der Waals surface area (Å²) in [5.74, 6) is 0.293. The first-order valence-electron chi connectivity index (χ1n) is 8.09. The van der Waals surface area contributed by atoms with E-state index in [1.807, 2.05) is 26.0 Å². The lowest BCUT2D eigenvalue weighted by Gasteiger charge is -2.35. The van der Waals surface area contributed by atoms with Crippen molar-refractivity contribution in [2.24, 2.45) is 11.3 Å². The Morgan fingerprint density at radius 1 is 1.14 bits per heavy atom. The molecular formula is C19H27O3. The normalized spacial score (nSPS) is 17.5. The molecule has 0 aromatic heterocycles. The van der Waals surface area contributed by atoms with Crippen LogP contribution in [0.5, 0.6) is 0 Å². The zero-order valence-corrected chi connectivity index (χ0v) is 14.4. The van der Waals surface area contributed by atoms with Crippen LogP contribution >= 0.6 is 0 Å². The summed E-state index contributed by atoms with van der Waals surface area (Å²) >= 11 is 0. The molecule has 1 radical (unpaired) electrons. The van der Waals surface area contributed by atoms with Gasteiger partial charge in [0.2, 0.25) is 0 Å². The minimum Gasteiger partial charge on any atom is -0.292 e. The second-order valence-electron chi connectivity index (χ2n) is 7.38. The van der Waals surface area contributed by atoms with Gasteiger partial charge in [-0.2, -0.15) is 4.89 Å². The average molecular weight is 303 g/mol. The molecule has 121 valence electrons. The van der Waals surface area contributed by atoms with Gasteiger partial charge in [-0.15, -0.1) is 0 Å². The molecule has 0 aliphatic heterocycles. The van der Waals surface area contributed by atoms with E-state index in [0.717, 1.165) is 42.9 Å². The topological polar surface area (TPSA) is 35.5 Å². The Bertz CT molecular complexity index is 520. The first kappa shape index (κ1) is 17.0. The monoisotopic (exact) mass is 303 g/mol. The maximum atomic E-state index is 12.1. The molecule has 0 atom stereocenters. The van der Waals surface area contributed by atoms with Crippen molar-refractivity contribution in [2.75, 3.05) is 0 Å². The van der Waals surface area contributed by atoms with E-state index in [1.54, 1.807) is 6.07 Å². The lowest BCUT2D eigenvalue weighted by molar-refractivity contribution is -0.241. The van der Waals surface area contributed by atoms with Gasteiger partial charge in [-0.3, -0.25) is 4.89 Å². The summed E-state index contributed by atoms with van der Waals surface area (Å²) in [5, 5.41) is 0. The molecule has 0 heterocycles. The molecule has 1 saturated carbocycles. The Balaban J connectivity index is 1.84. The van der Waals surface area contributed by atoms with E-state index in [-0.39, 0.29) is 0 Å². The lowest BCUT2D eigenvalue weighted by Crippen LogP contribution is -2.26. The van der Waals surface area contributed by atoms with Gasteiger partial charge >= 0.3 is 5.97 Å². The van der Waals surface area contributed by atoms with E-state index in [1.165, 1.54) is 0 Å².